The number of carbonyl (C=O) groups is 3. The van der Waals surface area contributed by atoms with E-state index in [1.807, 2.05) is 0 Å². The third kappa shape index (κ3) is 3.22. The van der Waals surface area contributed by atoms with E-state index in [4.69, 9.17) is 23.2 Å². The molecule has 2 aromatic rings. The normalized spacial score (nSPS) is 12.9. The first-order valence-corrected chi connectivity index (χ1v) is 7.79. The Morgan fingerprint density at radius 2 is 1.88 bits per heavy atom. The molecule has 11 heteroatoms. The van der Waals surface area contributed by atoms with Crippen LogP contribution in [-0.2, 0) is 4.79 Å². The summed E-state index contributed by atoms with van der Waals surface area (Å²) in [5.41, 5.74) is -0.455. The monoisotopic (exact) mass is 394 g/mol. The number of nitrogens with one attached hydrogen (secondary N) is 1. The molecule has 1 aliphatic rings. The molecule has 1 N–H and O–H groups in total. The number of non-ortho nitro benzene ring substituents is 1. The van der Waals surface area contributed by atoms with Crippen LogP contribution in [0.1, 0.15) is 20.7 Å². The number of benzene rings is 1. The number of fused-ring (bicyclic) bond motifs is 1. The van der Waals surface area contributed by atoms with Crippen molar-refractivity contribution in [3.05, 3.63) is 61.7 Å². The minimum atomic E-state index is -0.793. The molecule has 1 aliphatic heterocycles. The molecule has 0 saturated heterocycles. The molecule has 2 heterocycles. The third-order valence-corrected chi connectivity index (χ3v) is 4.03. The number of pyridine rings is 1. The fraction of sp³-hybridized carbons (Fsp3) is 0.0667. The Labute approximate surface area is 155 Å². The van der Waals surface area contributed by atoms with Crippen LogP contribution < -0.4 is 5.32 Å². The lowest BCUT2D eigenvalue weighted by atomic mass is 10.1. The SMILES string of the molecule is O=C(CN1C(=O)c2ccc([N+](=O)[O-])cc2C1=O)Nc1ncc(Cl)cc1Cl. The number of halogens is 2. The van der Waals surface area contributed by atoms with E-state index < -0.39 is 29.2 Å². The van der Waals surface area contributed by atoms with Crippen molar-refractivity contribution in [2.75, 3.05) is 11.9 Å². The summed E-state index contributed by atoms with van der Waals surface area (Å²) in [4.78, 5) is 51.4. The van der Waals surface area contributed by atoms with Crippen molar-refractivity contribution in [1.29, 1.82) is 0 Å². The number of rotatable bonds is 4. The molecule has 1 aromatic heterocycles. The number of anilines is 1. The summed E-state index contributed by atoms with van der Waals surface area (Å²) in [5.74, 6) is -2.21. The van der Waals surface area contributed by atoms with Crippen LogP contribution in [0.5, 0.6) is 0 Å². The summed E-state index contributed by atoms with van der Waals surface area (Å²) in [7, 11) is 0. The zero-order chi connectivity index (χ0) is 19.0. The number of amides is 3. The molecule has 0 radical (unpaired) electrons. The largest absolute Gasteiger partial charge is 0.308 e. The van der Waals surface area contributed by atoms with Gasteiger partial charge in [-0.2, -0.15) is 0 Å². The maximum absolute atomic E-state index is 12.3. The van der Waals surface area contributed by atoms with E-state index in [-0.39, 0.29) is 32.7 Å². The van der Waals surface area contributed by atoms with Gasteiger partial charge >= 0.3 is 0 Å². The van der Waals surface area contributed by atoms with Crippen LogP contribution in [0.25, 0.3) is 0 Å². The van der Waals surface area contributed by atoms with Gasteiger partial charge in [0.1, 0.15) is 6.54 Å². The average Bonchev–Trinajstić information content (AvgIpc) is 2.82. The van der Waals surface area contributed by atoms with Gasteiger partial charge in [-0.3, -0.25) is 29.4 Å². The number of hydrogen-bond acceptors (Lipinski definition) is 6. The van der Waals surface area contributed by atoms with Crippen LogP contribution in [0.4, 0.5) is 11.5 Å². The van der Waals surface area contributed by atoms with Crippen LogP contribution in [0.2, 0.25) is 10.0 Å². The summed E-state index contributed by atoms with van der Waals surface area (Å²) in [6.07, 6.45) is 1.27. The highest BCUT2D eigenvalue weighted by Gasteiger charge is 2.37. The predicted octanol–water partition coefficient (Wildman–Crippen LogP) is 2.53. The second kappa shape index (κ2) is 6.70. The van der Waals surface area contributed by atoms with Gasteiger partial charge < -0.3 is 5.32 Å². The van der Waals surface area contributed by atoms with Crippen molar-refractivity contribution in [3.8, 4) is 0 Å². The fourth-order valence-corrected chi connectivity index (χ4v) is 2.78. The molecule has 132 valence electrons. The molecule has 0 aliphatic carbocycles. The van der Waals surface area contributed by atoms with Gasteiger partial charge in [0.25, 0.3) is 17.5 Å². The number of carbonyl (C=O) groups excluding carboxylic acids is 3. The van der Waals surface area contributed by atoms with Gasteiger partial charge in [-0.25, -0.2) is 4.98 Å². The smallest absolute Gasteiger partial charge is 0.270 e. The fourth-order valence-electron chi connectivity index (χ4n) is 2.36. The maximum atomic E-state index is 12.3. The van der Waals surface area contributed by atoms with E-state index in [1.54, 1.807) is 0 Å². The first-order valence-electron chi connectivity index (χ1n) is 7.03. The Morgan fingerprint density at radius 3 is 2.54 bits per heavy atom. The zero-order valence-corrected chi connectivity index (χ0v) is 14.2. The summed E-state index contributed by atoms with van der Waals surface area (Å²) in [6.45, 7) is -0.596. The molecule has 0 saturated carbocycles. The van der Waals surface area contributed by atoms with Gasteiger partial charge in [0.2, 0.25) is 5.91 Å². The van der Waals surface area contributed by atoms with Crippen LogP contribution in [0, 0.1) is 10.1 Å². The highest BCUT2D eigenvalue weighted by atomic mass is 35.5. The average molecular weight is 395 g/mol. The van der Waals surface area contributed by atoms with Crippen LogP contribution in [0.15, 0.2) is 30.5 Å². The van der Waals surface area contributed by atoms with Gasteiger partial charge in [-0.1, -0.05) is 23.2 Å². The molecule has 3 amide bonds. The third-order valence-electron chi connectivity index (χ3n) is 3.53. The minimum Gasteiger partial charge on any atom is -0.308 e. The molecule has 0 bridgehead atoms. The van der Waals surface area contributed by atoms with Crippen molar-refractivity contribution in [1.82, 2.24) is 9.88 Å². The van der Waals surface area contributed by atoms with E-state index in [1.165, 1.54) is 18.3 Å². The van der Waals surface area contributed by atoms with Gasteiger partial charge in [-0.15, -0.1) is 0 Å². The van der Waals surface area contributed by atoms with Crippen LogP contribution in [-0.4, -0.2) is 39.1 Å². The van der Waals surface area contributed by atoms with Crippen molar-refractivity contribution < 1.29 is 19.3 Å². The maximum Gasteiger partial charge on any atom is 0.270 e. The second-order valence-electron chi connectivity index (χ2n) is 5.22. The van der Waals surface area contributed by atoms with Crippen molar-refractivity contribution in [3.63, 3.8) is 0 Å². The summed E-state index contributed by atoms with van der Waals surface area (Å²) in [5, 5.41) is 13.5. The van der Waals surface area contributed by atoms with E-state index in [2.05, 4.69) is 10.3 Å². The lowest BCUT2D eigenvalue weighted by molar-refractivity contribution is -0.384. The standard InChI is InChI=1S/C15H8Cl2N4O5/c16-7-3-11(17)13(18-5-7)19-12(22)6-20-14(23)9-2-1-8(21(25)26)4-10(9)15(20)24/h1-5H,6H2,(H,18,19,22). The first kappa shape index (κ1) is 17.8. The molecule has 0 fully saturated rings. The lowest BCUT2D eigenvalue weighted by Gasteiger charge is -2.13. The van der Waals surface area contributed by atoms with E-state index in [0.29, 0.717) is 4.90 Å². The molecular weight excluding hydrogens is 387 g/mol. The van der Waals surface area contributed by atoms with Crippen molar-refractivity contribution in [2.24, 2.45) is 0 Å². The number of imide groups is 1. The predicted molar refractivity (Wildman–Crippen MR) is 91.4 cm³/mol. The first-order chi connectivity index (χ1) is 12.3. The summed E-state index contributed by atoms with van der Waals surface area (Å²) >= 11 is 11.6. The molecule has 0 atom stereocenters. The Morgan fingerprint density at radius 1 is 1.19 bits per heavy atom. The Kier molecular flexibility index (Phi) is 4.58. The quantitative estimate of drug-likeness (QED) is 0.482. The Bertz CT molecular complexity index is 979. The van der Waals surface area contributed by atoms with Crippen molar-refractivity contribution in [2.45, 2.75) is 0 Å². The minimum absolute atomic E-state index is 0.00366. The van der Waals surface area contributed by atoms with Crippen LogP contribution in [0.3, 0.4) is 0 Å². The van der Waals surface area contributed by atoms with Crippen LogP contribution >= 0.6 is 23.2 Å². The molecule has 1 aromatic carbocycles. The molecule has 9 nitrogen and oxygen atoms in total. The topological polar surface area (TPSA) is 123 Å². The number of nitro benzene ring substituents is 1. The molecular formula is C15H8Cl2N4O5. The van der Waals surface area contributed by atoms with E-state index in [9.17, 15) is 24.5 Å². The number of hydrogen-bond donors (Lipinski definition) is 1. The van der Waals surface area contributed by atoms with Gasteiger partial charge in [0.15, 0.2) is 5.82 Å². The van der Waals surface area contributed by atoms with E-state index >= 15 is 0 Å². The highest BCUT2D eigenvalue weighted by molar-refractivity contribution is 6.36. The molecule has 0 unspecified atom stereocenters. The Hall–Kier alpha value is -3.04. The van der Waals surface area contributed by atoms with Crippen molar-refractivity contribution >= 4 is 52.4 Å². The van der Waals surface area contributed by atoms with Gasteiger partial charge in [-0.05, 0) is 12.1 Å². The Balaban J connectivity index is 1.78. The zero-order valence-electron chi connectivity index (χ0n) is 12.7. The van der Waals surface area contributed by atoms with Gasteiger partial charge in [0, 0.05) is 18.3 Å². The molecule has 0 spiro atoms. The lowest BCUT2D eigenvalue weighted by Crippen LogP contribution is -2.37. The number of nitrogens with zero attached hydrogens (tertiary/aromatic N) is 3. The summed E-state index contributed by atoms with van der Waals surface area (Å²) in [6, 6.07) is 4.67. The second-order valence-corrected chi connectivity index (χ2v) is 6.06. The molecule has 3 rings (SSSR count). The highest BCUT2D eigenvalue weighted by Crippen LogP contribution is 2.27. The number of aromatic nitrogens is 1. The van der Waals surface area contributed by atoms with Gasteiger partial charge in [0.05, 0.1) is 26.1 Å². The van der Waals surface area contributed by atoms with E-state index in [0.717, 1.165) is 12.1 Å². The molecule has 26 heavy (non-hydrogen) atoms. The summed E-state index contributed by atoms with van der Waals surface area (Å²) < 4.78 is 0. The number of nitro groups is 1.